The van der Waals surface area contributed by atoms with Crippen LogP contribution in [0.25, 0.3) is 10.8 Å². The van der Waals surface area contributed by atoms with Crippen molar-refractivity contribution in [1.82, 2.24) is 9.62 Å². The average Bonchev–Trinajstić information content (AvgIpc) is 2.87. The molecule has 0 atom stereocenters. The molecule has 1 aliphatic carbocycles. The van der Waals surface area contributed by atoms with E-state index in [1.165, 1.54) is 0 Å². The second-order valence-electron chi connectivity index (χ2n) is 11.7. The number of fused-ring (bicyclic) bond motifs is 1. The standard InChI is InChI=1S/C29H42N2O5S/c1-29(2,3)30-28(32)36-21-24-10-8-22(9-11-24)19-31(20-23-14-16-35-17-15-23)37(33,34)27-13-12-25-6-4-5-7-26(25)18-27/h4-7,12-13,18,22-24H,8-11,14-17,19-21H2,1-3H3,(H,30,32). The summed E-state index contributed by atoms with van der Waals surface area (Å²) in [5, 5.41) is 4.80. The van der Waals surface area contributed by atoms with E-state index in [1.54, 1.807) is 16.4 Å². The molecule has 204 valence electrons. The largest absolute Gasteiger partial charge is 0.449 e. The summed E-state index contributed by atoms with van der Waals surface area (Å²) in [4.78, 5) is 12.4. The number of carbonyl (C=O) groups is 1. The Morgan fingerprint density at radius 1 is 0.919 bits per heavy atom. The summed E-state index contributed by atoms with van der Waals surface area (Å²) in [6.07, 6.45) is 5.16. The molecule has 0 bridgehead atoms. The highest BCUT2D eigenvalue weighted by atomic mass is 32.2. The van der Waals surface area contributed by atoms with Gasteiger partial charge in [0.2, 0.25) is 10.0 Å². The van der Waals surface area contributed by atoms with Crippen LogP contribution in [0.2, 0.25) is 0 Å². The molecule has 0 radical (unpaired) electrons. The van der Waals surface area contributed by atoms with Crippen LogP contribution in [0.1, 0.15) is 59.3 Å². The van der Waals surface area contributed by atoms with Crippen LogP contribution in [-0.2, 0) is 19.5 Å². The Kier molecular flexibility index (Phi) is 9.14. The van der Waals surface area contributed by atoms with E-state index in [4.69, 9.17) is 9.47 Å². The van der Waals surface area contributed by atoms with Gasteiger partial charge in [0.05, 0.1) is 11.5 Å². The third-order valence-corrected chi connectivity index (χ3v) is 9.34. The number of nitrogens with one attached hydrogen (secondary N) is 1. The zero-order chi connectivity index (χ0) is 26.5. The zero-order valence-corrected chi connectivity index (χ0v) is 23.3. The van der Waals surface area contributed by atoms with E-state index in [0.717, 1.165) is 49.3 Å². The number of benzene rings is 2. The molecule has 0 unspecified atom stereocenters. The molecule has 1 N–H and O–H groups in total. The van der Waals surface area contributed by atoms with Crippen LogP contribution >= 0.6 is 0 Å². The Balaban J connectivity index is 1.41. The normalized spacial score (nSPS) is 21.7. The highest BCUT2D eigenvalue weighted by Gasteiger charge is 2.32. The molecule has 8 heteroatoms. The maximum absolute atomic E-state index is 13.9. The van der Waals surface area contributed by atoms with Crippen molar-refractivity contribution in [2.24, 2.45) is 17.8 Å². The topological polar surface area (TPSA) is 84.9 Å². The van der Waals surface area contributed by atoms with Gasteiger partial charge < -0.3 is 14.8 Å². The number of sulfonamides is 1. The molecule has 1 saturated heterocycles. The van der Waals surface area contributed by atoms with Crippen molar-refractivity contribution < 1.29 is 22.7 Å². The Labute approximate surface area is 221 Å². The van der Waals surface area contributed by atoms with Crippen molar-refractivity contribution in [3.05, 3.63) is 42.5 Å². The van der Waals surface area contributed by atoms with Gasteiger partial charge in [-0.25, -0.2) is 13.2 Å². The summed E-state index contributed by atoms with van der Waals surface area (Å²) in [6, 6.07) is 13.3. The Morgan fingerprint density at radius 3 is 2.16 bits per heavy atom. The van der Waals surface area contributed by atoms with Crippen LogP contribution in [0.15, 0.2) is 47.4 Å². The van der Waals surface area contributed by atoms with Gasteiger partial charge in [0, 0.05) is 31.8 Å². The number of hydrogen-bond acceptors (Lipinski definition) is 5. The van der Waals surface area contributed by atoms with E-state index >= 15 is 0 Å². The van der Waals surface area contributed by atoms with Gasteiger partial charge in [-0.3, -0.25) is 0 Å². The second kappa shape index (κ2) is 12.1. The zero-order valence-electron chi connectivity index (χ0n) is 22.4. The summed E-state index contributed by atoms with van der Waals surface area (Å²) in [5.74, 6) is 0.938. The summed E-state index contributed by atoms with van der Waals surface area (Å²) in [6.45, 7) is 8.66. The molecule has 0 aromatic heterocycles. The number of alkyl carbamates (subject to hydrolysis) is 1. The number of nitrogens with zero attached hydrogens (tertiary/aromatic N) is 1. The lowest BCUT2D eigenvalue weighted by Crippen LogP contribution is -2.42. The van der Waals surface area contributed by atoms with E-state index in [2.05, 4.69) is 5.32 Å². The van der Waals surface area contributed by atoms with E-state index in [9.17, 15) is 13.2 Å². The fourth-order valence-corrected chi connectivity index (χ4v) is 7.00. The summed E-state index contributed by atoms with van der Waals surface area (Å²) in [5.41, 5.74) is -0.320. The van der Waals surface area contributed by atoms with E-state index in [1.807, 2.05) is 51.1 Å². The third-order valence-electron chi connectivity index (χ3n) is 7.52. The predicted molar refractivity (Wildman–Crippen MR) is 146 cm³/mol. The number of hydrogen-bond donors (Lipinski definition) is 1. The lowest BCUT2D eigenvalue weighted by Gasteiger charge is -2.34. The first-order valence-electron chi connectivity index (χ1n) is 13.6. The Hall–Kier alpha value is -2.16. The van der Waals surface area contributed by atoms with E-state index in [0.29, 0.717) is 55.6 Å². The van der Waals surface area contributed by atoms with Crippen molar-refractivity contribution in [3.8, 4) is 0 Å². The van der Waals surface area contributed by atoms with Gasteiger partial charge >= 0.3 is 6.09 Å². The molecular formula is C29H42N2O5S. The van der Waals surface area contributed by atoms with Gasteiger partial charge in [0.15, 0.2) is 0 Å². The minimum atomic E-state index is -3.63. The quantitative estimate of drug-likeness (QED) is 0.481. The number of carbonyl (C=O) groups excluding carboxylic acids is 1. The molecule has 0 spiro atoms. The first kappa shape index (κ1) is 27.9. The lowest BCUT2D eigenvalue weighted by molar-refractivity contribution is 0.0582. The molecular weight excluding hydrogens is 488 g/mol. The maximum Gasteiger partial charge on any atom is 0.407 e. The highest BCUT2D eigenvalue weighted by Crippen LogP contribution is 2.32. The van der Waals surface area contributed by atoms with Gasteiger partial charge in [-0.2, -0.15) is 4.31 Å². The smallest absolute Gasteiger partial charge is 0.407 e. The van der Waals surface area contributed by atoms with Gasteiger partial charge in [-0.05, 0) is 100.0 Å². The van der Waals surface area contributed by atoms with Crippen LogP contribution in [0.4, 0.5) is 4.79 Å². The first-order valence-corrected chi connectivity index (χ1v) is 15.1. The minimum absolute atomic E-state index is 0.301. The van der Waals surface area contributed by atoms with Gasteiger partial charge in [-0.1, -0.05) is 30.3 Å². The third kappa shape index (κ3) is 7.91. The molecule has 7 nitrogen and oxygen atoms in total. The van der Waals surface area contributed by atoms with Crippen molar-refractivity contribution in [1.29, 1.82) is 0 Å². The molecule has 37 heavy (non-hydrogen) atoms. The number of rotatable bonds is 8. The Bertz CT molecular complexity index is 1150. The van der Waals surface area contributed by atoms with Gasteiger partial charge in [0.1, 0.15) is 0 Å². The van der Waals surface area contributed by atoms with E-state index < -0.39 is 10.0 Å². The molecule has 2 fully saturated rings. The molecule has 2 aromatic carbocycles. The van der Waals surface area contributed by atoms with Gasteiger partial charge in [0.25, 0.3) is 0 Å². The Morgan fingerprint density at radius 2 is 1.51 bits per heavy atom. The average molecular weight is 531 g/mol. The van der Waals surface area contributed by atoms with Crippen molar-refractivity contribution in [2.45, 2.75) is 69.7 Å². The van der Waals surface area contributed by atoms with E-state index in [-0.39, 0.29) is 11.6 Å². The predicted octanol–water partition coefficient (Wildman–Crippen LogP) is 5.59. The molecule has 2 aliphatic rings. The molecule has 1 aliphatic heterocycles. The second-order valence-corrected chi connectivity index (χ2v) is 13.7. The molecule has 1 amide bonds. The van der Waals surface area contributed by atoms with Crippen LogP contribution in [0.3, 0.4) is 0 Å². The van der Waals surface area contributed by atoms with Crippen molar-refractivity contribution >= 4 is 26.9 Å². The monoisotopic (exact) mass is 530 g/mol. The first-order chi connectivity index (χ1) is 17.6. The van der Waals surface area contributed by atoms with Crippen LogP contribution < -0.4 is 5.32 Å². The maximum atomic E-state index is 13.9. The highest BCUT2D eigenvalue weighted by molar-refractivity contribution is 7.89. The number of amides is 1. The van der Waals surface area contributed by atoms with Gasteiger partial charge in [-0.15, -0.1) is 0 Å². The van der Waals surface area contributed by atoms with Crippen molar-refractivity contribution in [3.63, 3.8) is 0 Å². The lowest BCUT2D eigenvalue weighted by atomic mass is 9.82. The molecule has 4 rings (SSSR count). The summed E-state index contributed by atoms with van der Waals surface area (Å²) >= 11 is 0. The summed E-state index contributed by atoms with van der Waals surface area (Å²) in [7, 11) is -3.63. The fourth-order valence-electron chi connectivity index (χ4n) is 5.37. The van der Waals surface area contributed by atoms with Crippen molar-refractivity contribution in [2.75, 3.05) is 32.9 Å². The fraction of sp³-hybridized carbons (Fsp3) is 0.621. The summed E-state index contributed by atoms with van der Waals surface area (Å²) < 4.78 is 40.5. The van der Waals surface area contributed by atoms with Crippen LogP contribution in [0.5, 0.6) is 0 Å². The molecule has 1 heterocycles. The molecule has 2 aromatic rings. The molecule has 1 saturated carbocycles. The number of ether oxygens (including phenoxy) is 2. The van der Waals surface area contributed by atoms with Crippen LogP contribution in [-0.4, -0.2) is 57.3 Å². The van der Waals surface area contributed by atoms with Crippen LogP contribution in [0, 0.1) is 17.8 Å². The SMILES string of the molecule is CC(C)(C)NC(=O)OCC1CCC(CN(CC2CCOCC2)S(=O)(=O)c2ccc3ccccc3c2)CC1. The minimum Gasteiger partial charge on any atom is -0.449 e.